The molecule has 1 rings (SSSR count). The van der Waals surface area contributed by atoms with Gasteiger partial charge in [-0.15, -0.1) is 0 Å². The van der Waals surface area contributed by atoms with Gasteiger partial charge in [0.1, 0.15) is 0 Å². The molecule has 0 radical (unpaired) electrons. The molecule has 17 heavy (non-hydrogen) atoms. The van der Waals surface area contributed by atoms with E-state index in [1.807, 2.05) is 6.07 Å². The summed E-state index contributed by atoms with van der Waals surface area (Å²) < 4.78 is 36.3. The number of nitrogens with zero attached hydrogens (tertiary/aromatic N) is 2. The van der Waals surface area contributed by atoms with Crippen LogP contribution in [0.3, 0.4) is 0 Å². The first-order valence-corrected chi connectivity index (χ1v) is 4.66. The number of rotatable bonds is 2. The smallest absolute Gasteiger partial charge is 0.334 e. The molecule has 0 bridgehead atoms. The van der Waals surface area contributed by atoms with Gasteiger partial charge in [-0.25, -0.2) is 0 Å². The molecule has 0 spiro atoms. The van der Waals surface area contributed by atoms with Gasteiger partial charge in [0.15, 0.2) is 0 Å². The minimum atomic E-state index is -4.87. The molecule has 0 aliphatic rings. The molecule has 0 fully saturated rings. The lowest BCUT2D eigenvalue weighted by molar-refractivity contribution is -0.184. The van der Waals surface area contributed by atoms with Gasteiger partial charge in [-0.3, -0.25) is 4.79 Å². The highest BCUT2D eigenvalue weighted by molar-refractivity contribution is 5.81. The molecular weight excluding hydrogens is 233 g/mol. The first-order valence-electron chi connectivity index (χ1n) is 4.66. The second-order valence-corrected chi connectivity index (χ2v) is 3.47. The van der Waals surface area contributed by atoms with Crippen LogP contribution in [0.5, 0.6) is 0 Å². The predicted octanol–water partition coefficient (Wildman–Crippen LogP) is 2.08. The molecule has 6 heteroatoms. The minimum absolute atomic E-state index is 0.187. The first-order chi connectivity index (χ1) is 7.84. The number of carbonyl (C=O) groups excluding carboxylic acids is 1. The van der Waals surface area contributed by atoms with E-state index in [-0.39, 0.29) is 6.54 Å². The van der Waals surface area contributed by atoms with Crippen LogP contribution in [-0.2, 0) is 11.3 Å². The molecule has 0 saturated heterocycles. The number of alkyl halides is 3. The van der Waals surface area contributed by atoms with Gasteiger partial charge in [0.25, 0.3) is 0 Å². The zero-order valence-electron chi connectivity index (χ0n) is 8.95. The lowest BCUT2D eigenvalue weighted by atomic mass is 10.1. The average molecular weight is 242 g/mol. The maximum absolute atomic E-state index is 12.1. The van der Waals surface area contributed by atoms with Crippen LogP contribution in [0.2, 0.25) is 0 Å². The van der Waals surface area contributed by atoms with Crippen molar-refractivity contribution >= 4 is 5.91 Å². The van der Waals surface area contributed by atoms with Crippen LogP contribution in [0.15, 0.2) is 24.3 Å². The SMILES string of the molecule is CN(Cc1cccc(C#N)c1)C(=O)C(F)(F)F. The average Bonchev–Trinajstić information content (AvgIpc) is 2.27. The Bertz CT molecular complexity index is 463. The van der Waals surface area contributed by atoms with E-state index >= 15 is 0 Å². The molecule has 1 aromatic rings. The number of hydrogen-bond donors (Lipinski definition) is 0. The maximum Gasteiger partial charge on any atom is 0.471 e. The normalized spacial score (nSPS) is 10.8. The summed E-state index contributed by atoms with van der Waals surface area (Å²) in [5.41, 5.74) is 0.819. The fraction of sp³-hybridized carbons (Fsp3) is 0.273. The number of carbonyl (C=O) groups is 1. The fourth-order valence-electron chi connectivity index (χ4n) is 1.30. The van der Waals surface area contributed by atoms with Crippen molar-refractivity contribution in [1.82, 2.24) is 4.90 Å². The Hall–Kier alpha value is -2.03. The summed E-state index contributed by atoms with van der Waals surface area (Å²) in [4.78, 5) is 11.4. The molecule has 3 nitrogen and oxygen atoms in total. The standard InChI is InChI=1S/C11H9F3N2O/c1-16(10(17)11(12,13)14)7-9-4-2-3-8(5-9)6-15/h2-5H,7H2,1H3. The summed E-state index contributed by atoms with van der Waals surface area (Å²) in [6.45, 7) is -0.187. The molecule has 90 valence electrons. The highest BCUT2D eigenvalue weighted by Gasteiger charge is 2.41. The summed E-state index contributed by atoms with van der Waals surface area (Å²) in [6, 6.07) is 7.97. The molecular formula is C11H9F3N2O. The van der Waals surface area contributed by atoms with Crippen molar-refractivity contribution < 1.29 is 18.0 Å². The highest BCUT2D eigenvalue weighted by Crippen LogP contribution is 2.19. The Balaban J connectivity index is 2.78. The lowest BCUT2D eigenvalue weighted by Crippen LogP contribution is -2.37. The predicted molar refractivity (Wildman–Crippen MR) is 53.7 cm³/mol. The van der Waals surface area contributed by atoms with Crippen LogP contribution >= 0.6 is 0 Å². The third-order valence-corrected chi connectivity index (χ3v) is 2.07. The van der Waals surface area contributed by atoms with Crippen LogP contribution in [0.25, 0.3) is 0 Å². The number of benzene rings is 1. The number of halogens is 3. The van der Waals surface area contributed by atoms with Gasteiger partial charge < -0.3 is 4.90 Å². The molecule has 0 aromatic heterocycles. The van der Waals surface area contributed by atoms with E-state index < -0.39 is 12.1 Å². The van der Waals surface area contributed by atoms with Gasteiger partial charge in [0.2, 0.25) is 0 Å². The van der Waals surface area contributed by atoms with Crippen LogP contribution < -0.4 is 0 Å². The summed E-state index contributed by atoms with van der Waals surface area (Å²) in [5, 5.41) is 8.62. The van der Waals surface area contributed by atoms with Gasteiger partial charge in [-0.2, -0.15) is 18.4 Å². The second kappa shape index (κ2) is 4.87. The van der Waals surface area contributed by atoms with Crippen molar-refractivity contribution in [3.63, 3.8) is 0 Å². The summed E-state index contributed by atoms with van der Waals surface area (Å²) in [7, 11) is 1.06. The first kappa shape index (κ1) is 13.0. The second-order valence-electron chi connectivity index (χ2n) is 3.47. The molecule has 1 aromatic carbocycles. The molecule has 0 saturated carbocycles. The largest absolute Gasteiger partial charge is 0.471 e. The molecule has 0 aliphatic carbocycles. The van der Waals surface area contributed by atoms with E-state index in [1.54, 1.807) is 12.1 Å². The van der Waals surface area contributed by atoms with Crippen molar-refractivity contribution in [3.05, 3.63) is 35.4 Å². The van der Waals surface area contributed by atoms with E-state index in [2.05, 4.69) is 0 Å². The Labute approximate surface area is 96.1 Å². The van der Waals surface area contributed by atoms with E-state index in [0.29, 0.717) is 16.0 Å². The van der Waals surface area contributed by atoms with Gasteiger partial charge >= 0.3 is 12.1 Å². The molecule has 1 amide bonds. The highest BCUT2D eigenvalue weighted by atomic mass is 19.4. The van der Waals surface area contributed by atoms with Crippen LogP contribution in [0, 0.1) is 11.3 Å². The maximum atomic E-state index is 12.1. The van der Waals surface area contributed by atoms with Crippen molar-refractivity contribution in [2.24, 2.45) is 0 Å². The Kier molecular flexibility index (Phi) is 3.73. The summed E-state index contributed by atoms with van der Waals surface area (Å²) in [5.74, 6) is -1.90. The monoisotopic (exact) mass is 242 g/mol. The molecule has 0 heterocycles. The van der Waals surface area contributed by atoms with Crippen LogP contribution in [0.1, 0.15) is 11.1 Å². The fourth-order valence-corrected chi connectivity index (χ4v) is 1.30. The van der Waals surface area contributed by atoms with Gasteiger partial charge in [0, 0.05) is 13.6 Å². The minimum Gasteiger partial charge on any atom is -0.334 e. The van der Waals surface area contributed by atoms with Gasteiger partial charge in [0.05, 0.1) is 11.6 Å². The topological polar surface area (TPSA) is 44.1 Å². The van der Waals surface area contributed by atoms with E-state index in [9.17, 15) is 18.0 Å². The van der Waals surface area contributed by atoms with Crippen molar-refractivity contribution in [2.75, 3.05) is 7.05 Å². The molecule has 0 aliphatic heterocycles. The number of nitriles is 1. The summed E-state index contributed by atoms with van der Waals surface area (Å²) in [6.07, 6.45) is -4.87. The number of hydrogen-bond acceptors (Lipinski definition) is 2. The number of amides is 1. The van der Waals surface area contributed by atoms with Gasteiger partial charge in [-0.1, -0.05) is 12.1 Å². The van der Waals surface area contributed by atoms with Crippen LogP contribution in [0.4, 0.5) is 13.2 Å². The molecule has 0 atom stereocenters. The Morgan fingerprint density at radius 3 is 2.65 bits per heavy atom. The zero-order chi connectivity index (χ0) is 13.1. The third-order valence-electron chi connectivity index (χ3n) is 2.07. The lowest BCUT2D eigenvalue weighted by Gasteiger charge is -2.18. The molecule has 0 unspecified atom stereocenters. The van der Waals surface area contributed by atoms with E-state index in [4.69, 9.17) is 5.26 Å². The van der Waals surface area contributed by atoms with E-state index in [1.165, 1.54) is 12.1 Å². The van der Waals surface area contributed by atoms with Crippen molar-refractivity contribution in [3.8, 4) is 6.07 Å². The van der Waals surface area contributed by atoms with Crippen LogP contribution in [-0.4, -0.2) is 24.0 Å². The van der Waals surface area contributed by atoms with Crippen molar-refractivity contribution in [2.45, 2.75) is 12.7 Å². The molecule has 0 N–H and O–H groups in total. The van der Waals surface area contributed by atoms with Gasteiger partial charge in [-0.05, 0) is 17.7 Å². The quantitative estimate of drug-likeness (QED) is 0.796. The zero-order valence-corrected chi connectivity index (χ0v) is 8.95. The van der Waals surface area contributed by atoms with E-state index in [0.717, 1.165) is 7.05 Å². The summed E-state index contributed by atoms with van der Waals surface area (Å²) >= 11 is 0. The Morgan fingerprint density at radius 1 is 1.47 bits per heavy atom. The third kappa shape index (κ3) is 3.48. The Morgan fingerprint density at radius 2 is 2.12 bits per heavy atom. The van der Waals surface area contributed by atoms with Crippen molar-refractivity contribution in [1.29, 1.82) is 5.26 Å².